The highest BCUT2D eigenvalue weighted by Gasteiger charge is 2.30. The van der Waals surface area contributed by atoms with Gasteiger partial charge in [-0.3, -0.25) is 0 Å². The fourth-order valence-corrected chi connectivity index (χ4v) is 2.26. The zero-order chi connectivity index (χ0) is 15.3. The first-order valence-electron chi connectivity index (χ1n) is 6.90. The van der Waals surface area contributed by atoms with Gasteiger partial charge < -0.3 is 16.0 Å². The molecule has 1 aliphatic heterocycles. The van der Waals surface area contributed by atoms with Gasteiger partial charge in [-0.05, 0) is 56.6 Å². The lowest BCUT2D eigenvalue weighted by Crippen LogP contribution is -2.38. The Morgan fingerprint density at radius 2 is 1.86 bits per heavy atom. The highest BCUT2D eigenvalue weighted by atomic mass is 19.4. The molecule has 3 N–H and O–H groups in total. The van der Waals surface area contributed by atoms with Gasteiger partial charge in [0.05, 0.1) is 5.56 Å². The molecule has 7 heteroatoms. The molecule has 1 aromatic carbocycles. The number of carbonyl (C=O) groups excluding carboxylic acids is 1. The van der Waals surface area contributed by atoms with Crippen molar-refractivity contribution in [2.75, 3.05) is 18.4 Å². The molecule has 116 valence electrons. The summed E-state index contributed by atoms with van der Waals surface area (Å²) in [5.41, 5.74) is -0.393. The van der Waals surface area contributed by atoms with Crippen molar-refractivity contribution in [1.29, 1.82) is 0 Å². The first-order valence-corrected chi connectivity index (χ1v) is 6.90. The SMILES string of the molecule is O=C(Nc1ccc(C(F)(F)F)cc1)NC1CCCNCC1. The van der Waals surface area contributed by atoms with Crippen LogP contribution in [0.1, 0.15) is 24.8 Å². The van der Waals surface area contributed by atoms with Crippen LogP contribution in [-0.2, 0) is 6.18 Å². The molecule has 0 aromatic heterocycles. The summed E-state index contributed by atoms with van der Waals surface area (Å²) < 4.78 is 37.3. The lowest BCUT2D eigenvalue weighted by molar-refractivity contribution is -0.137. The first-order chi connectivity index (χ1) is 9.95. The molecule has 1 unspecified atom stereocenters. The summed E-state index contributed by atoms with van der Waals surface area (Å²) in [6, 6.07) is 4.10. The Kier molecular flexibility index (Phi) is 5.06. The second kappa shape index (κ2) is 6.80. The zero-order valence-corrected chi connectivity index (χ0v) is 11.5. The predicted molar refractivity (Wildman–Crippen MR) is 74.1 cm³/mol. The molecule has 21 heavy (non-hydrogen) atoms. The average Bonchev–Trinajstić information content (AvgIpc) is 2.67. The van der Waals surface area contributed by atoms with E-state index in [0.29, 0.717) is 5.69 Å². The second-order valence-corrected chi connectivity index (χ2v) is 5.05. The highest BCUT2D eigenvalue weighted by Crippen LogP contribution is 2.29. The van der Waals surface area contributed by atoms with Crippen LogP contribution in [0.3, 0.4) is 0 Å². The second-order valence-electron chi connectivity index (χ2n) is 5.05. The van der Waals surface area contributed by atoms with Crippen LogP contribution in [0, 0.1) is 0 Å². The van der Waals surface area contributed by atoms with Crippen molar-refractivity contribution in [3.63, 3.8) is 0 Å². The van der Waals surface area contributed by atoms with Crippen molar-refractivity contribution in [2.24, 2.45) is 0 Å². The van der Waals surface area contributed by atoms with Crippen molar-refractivity contribution in [3.8, 4) is 0 Å². The van der Waals surface area contributed by atoms with Crippen LogP contribution in [0.25, 0.3) is 0 Å². The molecule has 0 aliphatic carbocycles. The minimum absolute atomic E-state index is 0.0921. The molecule has 2 amide bonds. The Hall–Kier alpha value is -1.76. The van der Waals surface area contributed by atoms with Crippen LogP contribution in [0.15, 0.2) is 24.3 Å². The molecule has 1 aromatic rings. The van der Waals surface area contributed by atoms with Gasteiger partial charge in [0.25, 0.3) is 0 Å². The Balaban J connectivity index is 1.87. The average molecular weight is 301 g/mol. The topological polar surface area (TPSA) is 53.2 Å². The lowest BCUT2D eigenvalue weighted by atomic mass is 10.1. The number of carbonyl (C=O) groups is 1. The van der Waals surface area contributed by atoms with E-state index in [-0.39, 0.29) is 12.1 Å². The number of nitrogens with one attached hydrogen (secondary N) is 3. The maximum absolute atomic E-state index is 12.4. The smallest absolute Gasteiger partial charge is 0.335 e. The molecule has 4 nitrogen and oxygen atoms in total. The van der Waals surface area contributed by atoms with Gasteiger partial charge in [-0.1, -0.05) is 0 Å². The van der Waals surface area contributed by atoms with Crippen molar-refractivity contribution in [1.82, 2.24) is 10.6 Å². The van der Waals surface area contributed by atoms with E-state index in [2.05, 4.69) is 16.0 Å². The van der Waals surface area contributed by atoms with Gasteiger partial charge in [0, 0.05) is 11.7 Å². The Morgan fingerprint density at radius 3 is 2.52 bits per heavy atom. The number of anilines is 1. The van der Waals surface area contributed by atoms with E-state index in [1.54, 1.807) is 0 Å². The number of amides is 2. The lowest BCUT2D eigenvalue weighted by Gasteiger charge is -2.16. The summed E-state index contributed by atoms with van der Waals surface area (Å²) >= 11 is 0. The van der Waals surface area contributed by atoms with E-state index in [1.807, 2.05) is 0 Å². The normalized spacial score (nSPS) is 19.7. The van der Waals surface area contributed by atoms with Gasteiger partial charge in [0.2, 0.25) is 0 Å². The maximum Gasteiger partial charge on any atom is 0.416 e. The molecule has 1 saturated heterocycles. The third kappa shape index (κ3) is 4.93. The van der Waals surface area contributed by atoms with Crippen LogP contribution >= 0.6 is 0 Å². The number of rotatable bonds is 2. The van der Waals surface area contributed by atoms with Crippen LogP contribution in [0.2, 0.25) is 0 Å². The summed E-state index contributed by atoms with van der Waals surface area (Å²) in [4.78, 5) is 11.8. The largest absolute Gasteiger partial charge is 0.416 e. The van der Waals surface area contributed by atoms with Crippen molar-refractivity contribution < 1.29 is 18.0 Å². The van der Waals surface area contributed by atoms with Crippen LogP contribution < -0.4 is 16.0 Å². The molecule has 0 bridgehead atoms. The van der Waals surface area contributed by atoms with Crippen LogP contribution in [0.4, 0.5) is 23.7 Å². The minimum Gasteiger partial charge on any atom is -0.335 e. The summed E-state index contributed by atoms with van der Waals surface area (Å²) in [7, 11) is 0. The number of hydrogen-bond donors (Lipinski definition) is 3. The van der Waals surface area contributed by atoms with Crippen LogP contribution in [0.5, 0.6) is 0 Å². The fraction of sp³-hybridized carbons (Fsp3) is 0.500. The van der Waals surface area contributed by atoms with E-state index in [1.165, 1.54) is 12.1 Å². The van der Waals surface area contributed by atoms with Gasteiger partial charge in [-0.15, -0.1) is 0 Å². The minimum atomic E-state index is -4.37. The fourth-order valence-electron chi connectivity index (χ4n) is 2.26. The van der Waals surface area contributed by atoms with Gasteiger partial charge in [0.15, 0.2) is 0 Å². The van der Waals surface area contributed by atoms with Crippen molar-refractivity contribution >= 4 is 11.7 Å². The predicted octanol–water partition coefficient (Wildman–Crippen LogP) is 2.97. The molecule has 2 rings (SSSR count). The summed E-state index contributed by atoms with van der Waals surface area (Å²) in [6.45, 7) is 1.80. The molecule has 1 fully saturated rings. The maximum atomic E-state index is 12.4. The Bertz CT molecular complexity index is 465. The quantitative estimate of drug-likeness (QED) is 0.786. The van der Waals surface area contributed by atoms with E-state index in [0.717, 1.165) is 44.5 Å². The van der Waals surface area contributed by atoms with E-state index in [9.17, 15) is 18.0 Å². The molecule has 0 spiro atoms. The number of halogens is 3. The molecule has 1 aliphatic rings. The highest BCUT2D eigenvalue weighted by molar-refractivity contribution is 5.89. The monoisotopic (exact) mass is 301 g/mol. The summed E-state index contributed by atoms with van der Waals surface area (Å²) in [6.07, 6.45) is -1.63. The molecule has 1 atom stereocenters. The number of urea groups is 1. The third-order valence-corrected chi connectivity index (χ3v) is 3.38. The first kappa shape index (κ1) is 15.6. The van der Waals surface area contributed by atoms with Crippen molar-refractivity contribution in [2.45, 2.75) is 31.5 Å². The molecule has 0 radical (unpaired) electrons. The molecular formula is C14H18F3N3O. The molecule has 0 saturated carbocycles. The van der Waals surface area contributed by atoms with Gasteiger partial charge in [-0.2, -0.15) is 13.2 Å². The van der Waals surface area contributed by atoms with Gasteiger partial charge in [0.1, 0.15) is 0 Å². The third-order valence-electron chi connectivity index (χ3n) is 3.38. The number of hydrogen-bond acceptors (Lipinski definition) is 2. The molecular weight excluding hydrogens is 283 g/mol. The summed E-state index contributed by atoms with van der Waals surface area (Å²) in [5, 5.41) is 8.63. The summed E-state index contributed by atoms with van der Waals surface area (Å²) in [5.74, 6) is 0. The van der Waals surface area contributed by atoms with E-state index in [4.69, 9.17) is 0 Å². The number of benzene rings is 1. The van der Waals surface area contributed by atoms with Gasteiger partial charge >= 0.3 is 12.2 Å². The zero-order valence-electron chi connectivity index (χ0n) is 11.5. The van der Waals surface area contributed by atoms with E-state index >= 15 is 0 Å². The van der Waals surface area contributed by atoms with Crippen molar-refractivity contribution in [3.05, 3.63) is 29.8 Å². The van der Waals surface area contributed by atoms with Gasteiger partial charge in [-0.25, -0.2) is 4.79 Å². The molecule has 1 heterocycles. The van der Waals surface area contributed by atoms with E-state index < -0.39 is 11.7 Å². The van der Waals surface area contributed by atoms with Crippen LogP contribution in [-0.4, -0.2) is 25.2 Å². The Labute approximate surface area is 121 Å². The Morgan fingerprint density at radius 1 is 1.14 bits per heavy atom. The number of alkyl halides is 3. The standard InChI is InChI=1S/C14H18F3N3O/c15-14(16,17)10-3-5-12(6-4-10)20-13(21)19-11-2-1-8-18-9-7-11/h3-6,11,18H,1-2,7-9H2,(H2,19,20,21).